The molecule has 0 bridgehead atoms. The maximum absolute atomic E-state index is 12.4. The van der Waals surface area contributed by atoms with Gasteiger partial charge in [-0.15, -0.1) is 0 Å². The zero-order valence-electron chi connectivity index (χ0n) is 20.5. The van der Waals surface area contributed by atoms with Crippen LogP contribution in [0.5, 0.6) is 17.4 Å². The first-order chi connectivity index (χ1) is 16.7. The molecular weight excluding hydrogens is 498 g/mol. The van der Waals surface area contributed by atoms with Gasteiger partial charge in [0.15, 0.2) is 0 Å². The second kappa shape index (κ2) is 11.2. The van der Waals surface area contributed by atoms with E-state index in [1.165, 1.54) is 44.3 Å². The molecule has 1 aromatic carbocycles. The van der Waals surface area contributed by atoms with Crippen molar-refractivity contribution >= 4 is 33.2 Å². The molecule has 2 rings (SSSR count). The van der Waals surface area contributed by atoms with Gasteiger partial charge >= 0.3 is 17.5 Å². The molecule has 14 nitrogen and oxygen atoms in total. The van der Waals surface area contributed by atoms with E-state index >= 15 is 0 Å². The highest BCUT2D eigenvalue weighted by Crippen LogP contribution is 2.38. The Morgan fingerprint density at radius 3 is 2.31 bits per heavy atom. The highest BCUT2D eigenvalue weighted by Gasteiger charge is 2.34. The predicted molar refractivity (Wildman–Crippen MR) is 127 cm³/mol. The third kappa shape index (κ3) is 6.56. The van der Waals surface area contributed by atoms with Crippen molar-refractivity contribution in [1.82, 2.24) is 14.9 Å². The van der Waals surface area contributed by atoms with E-state index in [-0.39, 0.29) is 17.1 Å². The van der Waals surface area contributed by atoms with Gasteiger partial charge in [0.05, 0.1) is 12.0 Å². The third-order valence-electron chi connectivity index (χ3n) is 5.10. The van der Waals surface area contributed by atoms with Gasteiger partial charge in [-0.3, -0.25) is 14.9 Å². The maximum Gasteiger partial charge on any atom is 0.373 e. The molecule has 2 atom stereocenters. The highest BCUT2D eigenvalue weighted by molar-refractivity contribution is 7.90. The number of rotatable bonds is 11. The number of carbonyl (C=O) groups is 2. The molecule has 0 spiro atoms. The summed E-state index contributed by atoms with van der Waals surface area (Å²) in [7, 11) is 0.262. The van der Waals surface area contributed by atoms with Crippen molar-refractivity contribution in [3.63, 3.8) is 0 Å². The van der Waals surface area contributed by atoms with Gasteiger partial charge in [-0.2, -0.15) is 9.97 Å². The molecule has 1 aromatic heterocycles. The lowest BCUT2D eigenvalue weighted by molar-refractivity contribution is -0.385. The zero-order chi connectivity index (χ0) is 27.4. The number of carbonyl (C=O) groups excluding carboxylic acids is 1. The molecular formula is C21H27N5O9S. The number of methoxy groups -OCH3 is 1. The Morgan fingerprint density at radius 1 is 1.22 bits per heavy atom. The predicted octanol–water partition coefficient (Wildman–Crippen LogP) is 2.20. The molecule has 1 amide bonds. The van der Waals surface area contributed by atoms with Crippen LogP contribution in [0.25, 0.3) is 0 Å². The van der Waals surface area contributed by atoms with Crippen molar-refractivity contribution in [1.29, 1.82) is 0 Å². The second-order valence-corrected chi connectivity index (χ2v) is 9.99. The highest BCUT2D eigenvalue weighted by atomic mass is 32.2. The first kappa shape index (κ1) is 28.2. The van der Waals surface area contributed by atoms with E-state index in [2.05, 4.69) is 15.3 Å². The van der Waals surface area contributed by atoms with Crippen LogP contribution in [0.4, 0.5) is 11.5 Å². The summed E-state index contributed by atoms with van der Waals surface area (Å²) in [4.78, 5) is 44.0. The molecule has 36 heavy (non-hydrogen) atoms. The van der Waals surface area contributed by atoms with Crippen LogP contribution in [0.2, 0.25) is 0 Å². The molecule has 0 saturated heterocycles. The van der Waals surface area contributed by atoms with Gasteiger partial charge in [0.1, 0.15) is 17.5 Å². The van der Waals surface area contributed by atoms with Crippen molar-refractivity contribution in [2.45, 2.75) is 31.5 Å². The van der Waals surface area contributed by atoms with Gasteiger partial charge in [-0.1, -0.05) is 20.3 Å². The third-order valence-corrected chi connectivity index (χ3v) is 5.95. The minimum atomic E-state index is -4.11. The van der Waals surface area contributed by atoms with Crippen LogP contribution < -0.4 is 14.8 Å². The molecule has 2 N–H and O–H groups in total. The minimum absolute atomic E-state index is 0.121. The van der Waals surface area contributed by atoms with E-state index < -0.39 is 61.1 Å². The number of carboxylic acid groups (broad SMARTS) is 1. The Morgan fingerprint density at radius 2 is 1.83 bits per heavy atom. The molecule has 0 saturated carbocycles. The molecule has 2 aromatic rings. The number of amides is 1. The number of hydrogen-bond donors (Lipinski definition) is 2. The number of aliphatic carboxylic acids is 1. The van der Waals surface area contributed by atoms with Gasteiger partial charge in [-0.05, 0) is 18.1 Å². The second-order valence-electron chi connectivity index (χ2n) is 8.08. The molecule has 2 unspecified atom stereocenters. The number of nitro groups is 1. The molecule has 0 radical (unpaired) electrons. The van der Waals surface area contributed by atoms with Crippen LogP contribution in [0.15, 0.2) is 23.4 Å². The summed E-state index contributed by atoms with van der Waals surface area (Å²) in [5.41, 5.74) is -0.768. The number of aromatic nitrogens is 2. The number of hydrogen-bond acceptors (Lipinski definition) is 11. The van der Waals surface area contributed by atoms with Crippen LogP contribution in [0.3, 0.4) is 0 Å². The van der Waals surface area contributed by atoms with Crippen LogP contribution >= 0.6 is 0 Å². The summed E-state index contributed by atoms with van der Waals surface area (Å²) in [5, 5.41) is 23.2. The van der Waals surface area contributed by atoms with Gasteiger partial charge in [0.2, 0.25) is 15.7 Å². The topological polar surface area (TPSA) is 191 Å². The van der Waals surface area contributed by atoms with Crippen molar-refractivity contribution in [3.05, 3.63) is 33.9 Å². The largest absolute Gasteiger partial charge is 0.497 e. The summed E-state index contributed by atoms with van der Waals surface area (Å²) in [5.74, 6) is -3.61. The first-order valence-electron chi connectivity index (χ1n) is 10.5. The number of ether oxygens (including phenoxy) is 2. The van der Waals surface area contributed by atoms with E-state index in [0.717, 1.165) is 6.26 Å². The van der Waals surface area contributed by atoms with Gasteiger partial charge in [-0.25, -0.2) is 13.2 Å². The zero-order valence-corrected chi connectivity index (χ0v) is 21.3. The summed E-state index contributed by atoms with van der Waals surface area (Å²) < 4.78 is 35.2. The van der Waals surface area contributed by atoms with E-state index in [4.69, 9.17) is 9.47 Å². The van der Waals surface area contributed by atoms with Crippen LogP contribution in [0, 0.1) is 16.0 Å². The van der Waals surface area contributed by atoms with E-state index in [9.17, 15) is 33.2 Å². The normalized spacial score (nSPS) is 12.8. The number of nitrogens with one attached hydrogen (secondary N) is 1. The summed E-state index contributed by atoms with van der Waals surface area (Å²) >= 11 is 0. The number of carboxylic acids is 1. The Kier molecular flexibility index (Phi) is 8.75. The van der Waals surface area contributed by atoms with Crippen molar-refractivity contribution < 1.29 is 37.5 Å². The summed E-state index contributed by atoms with van der Waals surface area (Å²) in [6.07, 6.45) is 1.18. The molecule has 0 aliphatic rings. The first-order valence-corrected chi connectivity index (χ1v) is 12.4. The van der Waals surface area contributed by atoms with Gasteiger partial charge in [0, 0.05) is 32.0 Å². The number of nitrogens with zero attached hydrogens (tertiary/aromatic N) is 4. The maximum atomic E-state index is 12.4. The lowest BCUT2D eigenvalue weighted by atomic mass is 9.99. The van der Waals surface area contributed by atoms with Crippen molar-refractivity contribution in [2.75, 3.05) is 32.8 Å². The van der Waals surface area contributed by atoms with Crippen molar-refractivity contribution in [3.8, 4) is 17.4 Å². The average molecular weight is 526 g/mol. The van der Waals surface area contributed by atoms with Crippen molar-refractivity contribution in [2.24, 2.45) is 5.92 Å². The lowest BCUT2D eigenvalue weighted by Gasteiger charge is -2.21. The Bertz CT molecular complexity index is 1280. The summed E-state index contributed by atoms with van der Waals surface area (Å²) in [6.45, 7) is 3.33. The van der Waals surface area contributed by atoms with E-state index in [0.29, 0.717) is 6.42 Å². The van der Waals surface area contributed by atoms with E-state index in [1.807, 2.05) is 0 Å². The van der Waals surface area contributed by atoms with Gasteiger partial charge < -0.3 is 24.8 Å². The lowest BCUT2D eigenvalue weighted by Crippen LogP contribution is -2.36. The molecule has 0 aliphatic heterocycles. The van der Waals surface area contributed by atoms with Crippen LogP contribution in [0.1, 0.15) is 30.6 Å². The standard InChI is InChI=1S/C21H27N5O9S/c1-7-11(2)15(20(28)29)22-17-16(26(30)31)18(24-21(23-17)36(6,32)33)35-14-9-12(19(27)25(3)4)8-13(10-14)34-5/h8-11,15H,7H2,1-6H3,(H,28,29)(H,22,23,24). The fourth-order valence-corrected chi connectivity index (χ4v) is 3.49. The summed E-state index contributed by atoms with van der Waals surface area (Å²) in [6, 6.07) is 2.67. The number of benzene rings is 1. The number of anilines is 1. The molecule has 0 fully saturated rings. The fourth-order valence-electron chi connectivity index (χ4n) is 2.99. The molecule has 1 heterocycles. The molecule has 0 aliphatic carbocycles. The van der Waals surface area contributed by atoms with E-state index in [1.54, 1.807) is 13.8 Å². The quantitative estimate of drug-likeness (QED) is 0.247. The Hall–Kier alpha value is -4.01. The monoisotopic (exact) mass is 525 g/mol. The smallest absolute Gasteiger partial charge is 0.373 e. The molecule has 196 valence electrons. The van der Waals surface area contributed by atoms with Crippen LogP contribution in [-0.4, -0.2) is 78.7 Å². The van der Waals surface area contributed by atoms with Gasteiger partial charge in [0.25, 0.3) is 11.1 Å². The Labute approximate surface area is 207 Å². The Balaban J connectivity index is 2.76. The SMILES string of the molecule is CCC(C)C(Nc1nc(S(C)(=O)=O)nc(Oc2cc(OC)cc(C(=O)N(C)C)c2)c1[N+](=O)[O-])C(=O)O. The minimum Gasteiger partial charge on any atom is -0.497 e. The fraction of sp³-hybridized carbons (Fsp3) is 0.429. The molecule has 15 heteroatoms. The average Bonchev–Trinajstić information content (AvgIpc) is 2.79. The number of sulfone groups is 1. The van der Waals surface area contributed by atoms with Crippen LogP contribution in [-0.2, 0) is 14.6 Å².